The van der Waals surface area contributed by atoms with Gasteiger partial charge in [0.2, 0.25) is 0 Å². The van der Waals surface area contributed by atoms with E-state index in [0.717, 1.165) is 12.4 Å². The third-order valence-corrected chi connectivity index (χ3v) is 6.72. The van der Waals surface area contributed by atoms with Crippen molar-refractivity contribution < 1.29 is 13.2 Å². The van der Waals surface area contributed by atoms with Gasteiger partial charge in [-0.3, -0.25) is 4.98 Å². The Kier molecular flexibility index (Phi) is 4.42. The number of nitrogens with zero attached hydrogens (tertiary/aromatic N) is 4. The van der Waals surface area contributed by atoms with Crippen LogP contribution in [0.5, 0.6) is 0 Å². The van der Waals surface area contributed by atoms with Crippen LogP contribution in [-0.4, -0.2) is 68.1 Å². The lowest BCUT2D eigenvalue weighted by Gasteiger charge is -2.29. The zero-order chi connectivity index (χ0) is 16.6. The molecule has 2 aliphatic heterocycles. The van der Waals surface area contributed by atoms with Gasteiger partial charge in [-0.1, -0.05) is 0 Å². The van der Waals surface area contributed by atoms with Crippen molar-refractivity contribution in [1.82, 2.24) is 19.0 Å². The van der Waals surface area contributed by atoms with E-state index in [1.807, 2.05) is 0 Å². The van der Waals surface area contributed by atoms with Crippen LogP contribution in [0.2, 0.25) is 0 Å². The molecule has 1 saturated carbocycles. The third-order valence-electron chi connectivity index (χ3n) is 5.08. The van der Waals surface area contributed by atoms with E-state index in [4.69, 9.17) is 4.74 Å². The van der Waals surface area contributed by atoms with E-state index >= 15 is 0 Å². The van der Waals surface area contributed by atoms with E-state index in [2.05, 4.69) is 19.6 Å². The maximum atomic E-state index is 12.7. The zero-order valence-electron chi connectivity index (χ0n) is 13.5. The first-order valence-electron chi connectivity index (χ1n) is 8.49. The maximum absolute atomic E-state index is 12.7. The molecule has 132 valence electrons. The van der Waals surface area contributed by atoms with Crippen molar-refractivity contribution in [3.8, 4) is 0 Å². The summed E-state index contributed by atoms with van der Waals surface area (Å²) in [7, 11) is -3.47. The molecule has 0 aromatic carbocycles. The van der Waals surface area contributed by atoms with Crippen molar-refractivity contribution in [3.63, 3.8) is 0 Å². The van der Waals surface area contributed by atoms with Crippen molar-refractivity contribution in [2.45, 2.75) is 18.9 Å². The van der Waals surface area contributed by atoms with Crippen LogP contribution < -0.4 is 9.62 Å². The number of rotatable bonds is 5. The van der Waals surface area contributed by atoms with Gasteiger partial charge in [0, 0.05) is 44.6 Å². The summed E-state index contributed by atoms with van der Waals surface area (Å²) < 4.78 is 35.1. The molecule has 8 nitrogen and oxygen atoms in total. The fourth-order valence-corrected chi connectivity index (χ4v) is 5.06. The molecule has 24 heavy (non-hydrogen) atoms. The summed E-state index contributed by atoms with van der Waals surface area (Å²) in [6.07, 6.45) is 7.44. The predicted octanol–water partition coefficient (Wildman–Crippen LogP) is -0.142. The SMILES string of the molecule is O=S(=O)(N[C@H]1CN(c2cnccn2)C[C@@H]1C1CC1)N1CCOCC1. The average Bonchev–Trinajstić information content (AvgIpc) is 3.37. The van der Waals surface area contributed by atoms with Gasteiger partial charge in [0.1, 0.15) is 5.82 Å². The summed E-state index contributed by atoms with van der Waals surface area (Å²) in [5.74, 6) is 1.77. The van der Waals surface area contributed by atoms with Crippen LogP contribution in [0.1, 0.15) is 12.8 Å². The fourth-order valence-electron chi connectivity index (χ4n) is 3.65. The van der Waals surface area contributed by atoms with Gasteiger partial charge in [-0.05, 0) is 24.7 Å². The van der Waals surface area contributed by atoms with Crippen LogP contribution in [0.15, 0.2) is 18.6 Å². The number of anilines is 1. The molecule has 3 aliphatic rings. The third kappa shape index (κ3) is 3.39. The minimum Gasteiger partial charge on any atom is -0.379 e. The molecule has 4 rings (SSSR count). The number of nitrogens with one attached hydrogen (secondary N) is 1. The number of ether oxygens (including phenoxy) is 1. The quantitative estimate of drug-likeness (QED) is 0.793. The van der Waals surface area contributed by atoms with Gasteiger partial charge in [-0.25, -0.2) is 4.98 Å². The number of aromatic nitrogens is 2. The Labute approximate surface area is 142 Å². The first-order chi connectivity index (χ1) is 11.6. The van der Waals surface area contributed by atoms with Crippen LogP contribution in [0.25, 0.3) is 0 Å². The van der Waals surface area contributed by atoms with E-state index in [9.17, 15) is 8.42 Å². The van der Waals surface area contributed by atoms with Crippen LogP contribution in [0.3, 0.4) is 0 Å². The van der Waals surface area contributed by atoms with Gasteiger partial charge in [0.05, 0.1) is 19.4 Å². The summed E-state index contributed by atoms with van der Waals surface area (Å²) in [5, 5.41) is 0. The van der Waals surface area contributed by atoms with Gasteiger partial charge < -0.3 is 9.64 Å². The molecular weight excluding hydrogens is 330 g/mol. The highest BCUT2D eigenvalue weighted by atomic mass is 32.2. The molecule has 3 heterocycles. The highest BCUT2D eigenvalue weighted by Gasteiger charge is 2.45. The monoisotopic (exact) mass is 353 g/mol. The van der Waals surface area contributed by atoms with Crippen molar-refractivity contribution in [2.24, 2.45) is 11.8 Å². The van der Waals surface area contributed by atoms with Gasteiger partial charge >= 0.3 is 0 Å². The number of hydrogen-bond donors (Lipinski definition) is 1. The molecule has 1 N–H and O–H groups in total. The molecular formula is C15H23N5O3S. The first kappa shape index (κ1) is 16.2. The second-order valence-corrected chi connectivity index (χ2v) is 8.41. The normalized spacial score (nSPS) is 29.1. The van der Waals surface area contributed by atoms with Crippen molar-refractivity contribution in [2.75, 3.05) is 44.3 Å². The molecule has 9 heteroatoms. The maximum Gasteiger partial charge on any atom is 0.279 e. The first-order valence-corrected chi connectivity index (χ1v) is 9.93. The smallest absolute Gasteiger partial charge is 0.279 e. The molecule has 0 unspecified atom stereocenters. The van der Waals surface area contributed by atoms with E-state index < -0.39 is 10.2 Å². The van der Waals surface area contributed by atoms with Crippen LogP contribution >= 0.6 is 0 Å². The van der Waals surface area contributed by atoms with Crippen molar-refractivity contribution >= 4 is 16.0 Å². The summed E-state index contributed by atoms with van der Waals surface area (Å²) in [6.45, 7) is 3.24. The van der Waals surface area contributed by atoms with E-state index in [0.29, 0.717) is 44.7 Å². The lowest BCUT2D eigenvalue weighted by atomic mass is 9.99. The zero-order valence-corrected chi connectivity index (χ0v) is 14.4. The Morgan fingerprint density at radius 1 is 1.17 bits per heavy atom. The van der Waals surface area contributed by atoms with Gasteiger partial charge in [0.15, 0.2) is 0 Å². The van der Waals surface area contributed by atoms with Crippen LogP contribution in [-0.2, 0) is 14.9 Å². The Morgan fingerprint density at radius 2 is 1.96 bits per heavy atom. The fraction of sp³-hybridized carbons (Fsp3) is 0.733. The van der Waals surface area contributed by atoms with E-state index in [1.54, 1.807) is 18.6 Å². The Hall–Kier alpha value is -1.29. The van der Waals surface area contributed by atoms with Gasteiger partial charge in [-0.2, -0.15) is 17.4 Å². The molecule has 3 fully saturated rings. The Morgan fingerprint density at radius 3 is 2.62 bits per heavy atom. The van der Waals surface area contributed by atoms with Gasteiger partial charge in [0.25, 0.3) is 10.2 Å². The van der Waals surface area contributed by atoms with Crippen LogP contribution in [0.4, 0.5) is 5.82 Å². The largest absolute Gasteiger partial charge is 0.379 e. The van der Waals surface area contributed by atoms with E-state index in [1.165, 1.54) is 17.1 Å². The predicted molar refractivity (Wildman–Crippen MR) is 88.7 cm³/mol. The summed E-state index contributed by atoms with van der Waals surface area (Å²) in [5.41, 5.74) is 0. The van der Waals surface area contributed by atoms with Crippen molar-refractivity contribution in [1.29, 1.82) is 0 Å². The minimum atomic E-state index is -3.47. The molecule has 2 atom stereocenters. The van der Waals surface area contributed by atoms with E-state index in [-0.39, 0.29) is 6.04 Å². The summed E-state index contributed by atoms with van der Waals surface area (Å²) in [6, 6.07) is -0.0765. The standard InChI is InChI=1S/C15H23N5O3S/c21-24(22,20-5-7-23-8-6-20)18-14-11-19(10-13(14)12-1-2-12)15-9-16-3-4-17-15/h3-4,9,12-14,18H,1-2,5-8,10-11H2/t13-,14+/m1/s1. The lowest BCUT2D eigenvalue weighted by Crippen LogP contribution is -2.51. The number of morpholine rings is 1. The highest BCUT2D eigenvalue weighted by molar-refractivity contribution is 7.87. The Balaban J connectivity index is 1.48. The topological polar surface area (TPSA) is 87.7 Å². The molecule has 0 bridgehead atoms. The Bertz CT molecular complexity index is 661. The highest BCUT2D eigenvalue weighted by Crippen LogP contribution is 2.42. The molecule has 1 aliphatic carbocycles. The second kappa shape index (κ2) is 6.55. The molecule has 0 spiro atoms. The molecule has 1 aromatic rings. The number of hydrogen-bond acceptors (Lipinski definition) is 6. The van der Waals surface area contributed by atoms with Gasteiger partial charge in [-0.15, -0.1) is 0 Å². The molecule has 0 amide bonds. The average molecular weight is 353 g/mol. The second-order valence-electron chi connectivity index (χ2n) is 6.71. The molecule has 1 aromatic heterocycles. The lowest BCUT2D eigenvalue weighted by molar-refractivity contribution is 0.0722. The summed E-state index contributed by atoms with van der Waals surface area (Å²) >= 11 is 0. The van der Waals surface area contributed by atoms with Crippen molar-refractivity contribution in [3.05, 3.63) is 18.6 Å². The minimum absolute atomic E-state index is 0.0765. The van der Waals surface area contributed by atoms with Crippen LogP contribution in [0, 0.1) is 11.8 Å². The molecule has 0 radical (unpaired) electrons. The molecule has 2 saturated heterocycles. The summed E-state index contributed by atoms with van der Waals surface area (Å²) in [4.78, 5) is 10.6.